The van der Waals surface area contributed by atoms with Crippen molar-refractivity contribution in [3.63, 3.8) is 0 Å². The van der Waals surface area contributed by atoms with Crippen molar-refractivity contribution >= 4 is 50.2 Å². The average molecular weight is 442 g/mol. The molecule has 2 aromatic heterocycles. The molecule has 0 spiro atoms. The van der Waals surface area contributed by atoms with E-state index in [1.165, 1.54) is 17.4 Å². The fourth-order valence-electron chi connectivity index (χ4n) is 3.28. The van der Waals surface area contributed by atoms with Crippen molar-refractivity contribution in [2.45, 2.75) is 36.6 Å². The molecule has 27 heavy (non-hydrogen) atoms. The number of halogens is 2. The lowest BCUT2D eigenvalue weighted by Crippen LogP contribution is -2.13. The van der Waals surface area contributed by atoms with Gasteiger partial charge in [-0.25, -0.2) is 8.42 Å². The Hall–Kier alpha value is -1.54. The summed E-state index contributed by atoms with van der Waals surface area (Å²) in [6.45, 7) is 0. The molecule has 1 fully saturated rings. The first kappa shape index (κ1) is 18.8. The molecule has 3 aromatic rings. The van der Waals surface area contributed by atoms with E-state index >= 15 is 0 Å². The number of anilines is 1. The van der Waals surface area contributed by atoms with Gasteiger partial charge < -0.3 is 0 Å². The Balaban J connectivity index is 1.76. The molecule has 1 aliphatic rings. The largest absolute Gasteiger partial charge is 0.278 e. The smallest absolute Gasteiger partial charge is 0.265 e. The molecule has 0 bridgehead atoms. The number of nitrogens with zero attached hydrogens (tertiary/aromatic N) is 2. The van der Waals surface area contributed by atoms with Crippen molar-refractivity contribution in [3.05, 3.63) is 52.0 Å². The van der Waals surface area contributed by atoms with E-state index in [9.17, 15) is 8.42 Å². The van der Waals surface area contributed by atoms with Crippen LogP contribution in [0.25, 0.3) is 10.6 Å². The van der Waals surface area contributed by atoms with E-state index < -0.39 is 10.0 Å². The van der Waals surface area contributed by atoms with Gasteiger partial charge in [-0.05, 0) is 42.5 Å². The Morgan fingerprint density at radius 1 is 1.19 bits per heavy atom. The van der Waals surface area contributed by atoms with Crippen molar-refractivity contribution in [1.29, 1.82) is 0 Å². The third kappa shape index (κ3) is 3.87. The molecule has 0 unspecified atom stereocenters. The van der Waals surface area contributed by atoms with Gasteiger partial charge in [0.2, 0.25) is 0 Å². The summed E-state index contributed by atoms with van der Waals surface area (Å²) >= 11 is 13.5. The summed E-state index contributed by atoms with van der Waals surface area (Å²) in [5.74, 6) is 0. The Bertz CT molecular complexity index is 1060. The summed E-state index contributed by atoms with van der Waals surface area (Å²) in [7, 11) is -3.87. The highest BCUT2D eigenvalue weighted by molar-refractivity contribution is 7.92. The maximum atomic E-state index is 13.1. The molecule has 4 rings (SSSR count). The molecule has 9 heteroatoms. The molecular weight excluding hydrogens is 425 g/mol. The average Bonchev–Trinajstić information content (AvgIpc) is 3.37. The lowest BCUT2D eigenvalue weighted by Gasteiger charge is -2.10. The van der Waals surface area contributed by atoms with Gasteiger partial charge in [0.1, 0.15) is 10.6 Å². The third-order valence-electron chi connectivity index (χ3n) is 4.62. The topological polar surface area (TPSA) is 64.0 Å². The van der Waals surface area contributed by atoms with Gasteiger partial charge in [0.15, 0.2) is 0 Å². The molecule has 0 aliphatic heterocycles. The van der Waals surface area contributed by atoms with Crippen molar-refractivity contribution < 1.29 is 8.42 Å². The first-order chi connectivity index (χ1) is 12.9. The van der Waals surface area contributed by atoms with Crippen molar-refractivity contribution in [2.75, 3.05) is 4.72 Å². The number of rotatable bonds is 5. The summed E-state index contributed by atoms with van der Waals surface area (Å²) in [5, 5.41) is 7.22. The molecule has 5 nitrogen and oxygen atoms in total. The second-order valence-corrected chi connectivity index (χ2v) is 9.91. The highest BCUT2D eigenvalue weighted by Crippen LogP contribution is 2.36. The molecule has 1 aromatic carbocycles. The van der Waals surface area contributed by atoms with Crippen molar-refractivity contribution in [1.82, 2.24) is 9.78 Å². The molecule has 142 valence electrons. The van der Waals surface area contributed by atoms with Crippen LogP contribution in [0.4, 0.5) is 5.69 Å². The van der Waals surface area contributed by atoms with E-state index in [1.807, 2.05) is 17.5 Å². The highest BCUT2D eigenvalue weighted by atomic mass is 35.5. The van der Waals surface area contributed by atoms with E-state index in [0.717, 1.165) is 30.6 Å². The second-order valence-electron chi connectivity index (χ2n) is 6.47. The van der Waals surface area contributed by atoms with Crippen LogP contribution in [-0.2, 0) is 10.0 Å². The van der Waals surface area contributed by atoms with E-state index in [2.05, 4.69) is 9.82 Å². The fraction of sp³-hybridized carbons (Fsp3) is 0.278. The SMILES string of the molecule is O=S(=O)(Nc1ccc(Cl)cc1Cl)c1cn(C2CCCC2)nc1-c1cccs1. The van der Waals surface area contributed by atoms with Gasteiger partial charge in [-0.15, -0.1) is 11.3 Å². The predicted molar refractivity (Wildman–Crippen MR) is 110 cm³/mol. The maximum absolute atomic E-state index is 13.1. The highest BCUT2D eigenvalue weighted by Gasteiger charge is 2.28. The monoisotopic (exact) mass is 441 g/mol. The van der Waals surface area contributed by atoms with E-state index in [4.69, 9.17) is 23.2 Å². The minimum Gasteiger partial charge on any atom is -0.278 e. The second kappa shape index (κ2) is 7.47. The van der Waals surface area contributed by atoms with Crippen LogP contribution in [0.2, 0.25) is 10.0 Å². The summed E-state index contributed by atoms with van der Waals surface area (Å²) < 4.78 is 30.6. The summed E-state index contributed by atoms with van der Waals surface area (Å²) in [6, 6.07) is 8.64. The van der Waals surface area contributed by atoms with Crippen LogP contribution in [0.15, 0.2) is 46.8 Å². The van der Waals surface area contributed by atoms with Gasteiger partial charge in [0.05, 0.1) is 21.6 Å². The normalized spacial score (nSPS) is 15.3. The Morgan fingerprint density at radius 2 is 1.96 bits per heavy atom. The Morgan fingerprint density at radius 3 is 2.63 bits per heavy atom. The lowest BCUT2D eigenvalue weighted by atomic mass is 10.3. The number of thiophene rings is 1. The van der Waals surface area contributed by atoms with Crippen LogP contribution in [0.3, 0.4) is 0 Å². The van der Waals surface area contributed by atoms with Crippen LogP contribution in [-0.4, -0.2) is 18.2 Å². The van der Waals surface area contributed by atoms with Crippen molar-refractivity contribution in [3.8, 4) is 10.6 Å². The molecule has 1 N–H and O–H groups in total. The number of aromatic nitrogens is 2. The summed E-state index contributed by atoms with van der Waals surface area (Å²) in [5.41, 5.74) is 0.751. The van der Waals surface area contributed by atoms with E-state index in [0.29, 0.717) is 10.7 Å². The van der Waals surface area contributed by atoms with Crippen LogP contribution >= 0.6 is 34.5 Å². The number of hydrogen-bond acceptors (Lipinski definition) is 4. The minimum absolute atomic E-state index is 0.155. The maximum Gasteiger partial charge on any atom is 0.265 e. The molecule has 1 aliphatic carbocycles. The number of hydrogen-bond donors (Lipinski definition) is 1. The van der Waals surface area contributed by atoms with Gasteiger partial charge in [-0.3, -0.25) is 9.40 Å². The molecule has 0 saturated heterocycles. The number of nitrogens with one attached hydrogen (secondary N) is 1. The number of sulfonamides is 1. The first-order valence-electron chi connectivity index (χ1n) is 8.55. The third-order valence-corrected chi connectivity index (χ3v) is 7.41. The Kier molecular flexibility index (Phi) is 5.20. The lowest BCUT2D eigenvalue weighted by molar-refractivity contribution is 0.467. The van der Waals surface area contributed by atoms with Gasteiger partial charge in [0.25, 0.3) is 10.0 Å². The van der Waals surface area contributed by atoms with Crippen LogP contribution in [0.1, 0.15) is 31.7 Å². The van der Waals surface area contributed by atoms with Crippen LogP contribution in [0.5, 0.6) is 0 Å². The molecule has 0 atom stereocenters. The fourth-order valence-corrected chi connectivity index (χ4v) is 5.81. The summed E-state index contributed by atoms with van der Waals surface area (Å²) in [6.07, 6.45) is 5.94. The van der Waals surface area contributed by atoms with E-state index in [1.54, 1.807) is 23.0 Å². The predicted octanol–water partition coefficient (Wildman–Crippen LogP) is 5.83. The van der Waals surface area contributed by atoms with Gasteiger partial charge in [-0.2, -0.15) is 5.10 Å². The van der Waals surface area contributed by atoms with Crippen LogP contribution < -0.4 is 4.72 Å². The zero-order valence-electron chi connectivity index (χ0n) is 14.2. The van der Waals surface area contributed by atoms with Crippen LogP contribution in [0, 0.1) is 0 Å². The molecule has 2 heterocycles. The number of benzene rings is 1. The molecule has 1 saturated carbocycles. The standard InChI is InChI=1S/C18H17Cl2N3O2S2/c19-12-7-8-15(14(20)10-12)22-27(24,25)17-11-23(13-4-1-2-5-13)21-18(17)16-6-3-9-26-16/h3,6-11,13,22H,1-2,4-5H2. The summed E-state index contributed by atoms with van der Waals surface area (Å²) in [4.78, 5) is 0.970. The molecular formula is C18H17Cl2N3O2S2. The van der Waals surface area contributed by atoms with Gasteiger partial charge in [0, 0.05) is 11.2 Å². The van der Waals surface area contributed by atoms with Crippen molar-refractivity contribution in [2.24, 2.45) is 0 Å². The Labute approximate surface area is 172 Å². The molecule has 0 amide bonds. The van der Waals surface area contributed by atoms with Gasteiger partial charge >= 0.3 is 0 Å². The van der Waals surface area contributed by atoms with E-state index in [-0.39, 0.29) is 21.6 Å². The zero-order chi connectivity index (χ0) is 19.0. The molecule has 0 radical (unpaired) electrons. The van der Waals surface area contributed by atoms with Gasteiger partial charge in [-0.1, -0.05) is 42.1 Å². The zero-order valence-corrected chi connectivity index (χ0v) is 17.4. The first-order valence-corrected chi connectivity index (χ1v) is 11.7. The minimum atomic E-state index is -3.87. The quantitative estimate of drug-likeness (QED) is 0.540.